The molecular weight excluding hydrogens is 290 g/mol. The number of rotatable bonds is 2. The number of amides is 1. The smallest absolute Gasteiger partial charge is 0.266 e. The van der Waals surface area contributed by atoms with Gasteiger partial charge in [-0.25, -0.2) is 4.21 Å². The van der Waals surface area contributed by atoms with E-state index in [9.17, 15) is 9.00 Å². The molecule has 1 heterocycles. The molecule has 2 aromatic rings. The summed E-state index contributed by atoms with van der Waals surface area (Å²) in [6.07, 6.45) is 1.46. The van der Waals surface area contributed by atoms with E-state index in [4.69, 9.17) is 11.6 Å². The van der Waals surface area contributed by atoms with Crippen molar-refractivity contribution >= 4 is 38.6 Å². The lowest BCUT2D eigenvalue weighted by atomic mass is 10.2. The van der Waals surface area contributed by atoms with Gasteiger partial charge in [-0.05, 0) is 35.7 Å². The summed E-state index contributed by atoms with van der Waals surface area (Å²) >= 11 is 7.06. The second-order valence-corrected chi connectivity index (χ2v) is 7.51. The van der Waals surface area contributed by atoms with Crippen LogP contribution in [0.5, 0.6) is 0 Å². The van der Waals surface area contributed by atoms with Crippen molar-refractivity contribution in [2.45, 2.75) is 4.21 Å². The zero-order valence-electron chi connectivity index (χ0n) is 9.50. The van der Waals surface area contributed by atoms with Crippen LogP contribution in [-0.4, -0.2) is 16.4 Å². The molecule has 0 N–H and O–H groups in total. The molecule has 1 aromatic heterocycles. The van der Waals surface area contributed by atoms with E-state index in [0.29, 0.717) is 14.8 Å². The van der Waals surface area contributed by atoms with Crippen molar-refractivity contribution < 1.29 is 9.00 Å². The minimum absolute atomic E-state index is 0.380. The quantitative estimate of drug-likeness (QED) is 0.849. The van der Waals surface area contributed by atoms with Crippen molar-refractivity contribution in [3.8, 4) is 0 Å². The maximum atomic E-state index is 12.3. The number of hydrogen-bond donors (Lipinski definition) is 0. The molecule has 0 aliphatic rings. The number of carbonyl (C=O) groups is 1. The Kier molecular flexibility index (Phi) is 3.85. The molecule has 0 spiro atoms. The Balaban J connectivity index is 2.36. The van der Waals surface area contributed by atoms with Gasteiger partial charge in [-0.1, -0.05) is 17.7 Å². The zero-order valence-corrected chi connectivity index (χ0v) is 11.9. The Morgan fingerprint density at radius 1 is 1.28 bits per heavy atom. The highest BCUT2D eigenvalue weighted by Crippen LogP contribution is 2.19. The molecule has 94 valence electrons. The number of carbonyl (C=O) groups excluding carboxylic acids is 1. The Hall–Kier alpha value is -1.17. The van der Waals surface area contributed by atoms with Crippen molar-refractivity contribution in [1.82, 2.24) is 0 Å². The first-order chi connectivity index (χ1) is 8.49. The van der Waals surface area contributed by atoms with E-state index in [0.717, 1.165) is 0 Å². The second-order valence-electron chi connectivity index (χ2n) is 3.64. The van der Waals surface area contributed by atoms with Crippen molar-refractivity contribution in [1.29, 1.82) is 0 Å². The van der Waals surface area contributed by atoms with Gasteiger partial charge in [0, 0.05) is 16.8 Å². The highest BCUT2D eigenvalue weighted by molar-refractivity contribution is 7.95. The molecule has 0 fully saturated rings. The maximum Gasteiger partial charge on any atom is 0.285 e. The highest BCUT2D eigenvalue weighted by Gasteiger charge is 2.11. The second kappa shape index (κ2) is 5.22. The zero-order chi connectivity index (χ0) is 13.2. The van der Waals surface area contributed by atoms with Gasteiger partial charge in [-0.3, -0.25) is 4.79 Å². The molecule has 0 saturated heterocycles. The predicted octanol–water partition coefficient (Wildman–Crippen LogP) is 3.70. The molecule has 0 aliphatic carbocycles. The molecule has 2 rings (SSSR count). The fourth-order valence-corrected chi connectivity index (χ4v) is 3.74. The van der Waals surface area contributed by atoms with Crippen LogP contribution in [-0.2, 0) is 9.73 Å². The molecule has 1 aromatic carbocycles. The first-order valence-corrected chi connectivity index (χ1v) is 8.23. The summed E-state index contributed by atoms with van der Waals surface area (Å²) < 4.78 is 16.7. The van der Waals surface area contributed by atoms with Crippen LogP contribution in [0.3, 0.4) is 0 Å². The third kappa shape index (κ3) is 2.98. The molecule has 3 nitrogen and oxygen atoms in total. The van der Waals surface area contributed by atoms with Crippen LogP contribution < -0.4 is 0 Å². The average Bonchev–Trinajstić information content (AvgIpc) is 2.83. The third-order valence-corrected chi connectivity index (χ3v) is 5.74. The average molecular weight is 300 g/mol. The normalized spacial score (nSPS) is 13.9. The Labute approximate surface area is 115 Å². The van der Waals surface area contributed by atoms with Gasteiger partial charge in [0.05, 0.1) is 13.9 Å². The first kappa shape index (κ1) is 13.3. The van der Waals surface area contributed by atoms with Crippen LogP contribution >= 0.6 is 22.9 Å². The van der Waals surface area contributed by atoms with E-state index in [2.05, 4.69) is 4.36 Å². The summed E-state index contributed by atoms with van der Waals surface area (Å²) in [5.41, 5.74) is 0.380. The molecule has 0 aliphatic heterocycles. The molecule has 1 unspecified atom stereocenters. The van der Waals surface area contributed by atoms with E-state index in [1.807, 2.05) is 0 Å². The predicted molar refractivity (Wildman–Crippen MR) is 74.9 cm³/mol. The van der Waals surface area contributed by atoms with Crippen LogP contribution in [0, 0.1) is 0 Å². The van der Waals surface area contributed by atoms with Gasteiger partial charge in [-0.15, -0.1) is 11.3 Å². The fourth-order valence-electron chi connectivity index (χ4n) is 1.33. The number of halogens is 1. The molecular formula is C12H10ClNO2S2. The summed E-state index contributed by atoms with van der Waals surface area (Å²) in [5.74, 6) is -0.493. The van der Waals surface area contributed by atoms with Gasteiger partial charge in [0.2, 0.25) is 0 Å². The molecule has 0 saturated carbocycles. The molecule has 1 amide bonds. The maximum absolute atomic E-state index is 12.3. The van der Waals surface area contributed by atoms with Gasteiger partial charge in [0.15, 0.2) is 0 Å². The monoisotopic (exact) mass is 299 g/mol. The van der Waals surface area contributed by atoms with Gasteiger partial charge < -0.3 is 0 Å². The van der Waals surface area contributed by atoms with Gasteiger partial charge in [0.1, 0.15) is 0 Å². The third-order valence-electron chi connectivity index (χ3n) is 2.22. The molecule has 0 bridgehead atoms. The Morgan fingerprint density at radius 2 is 1.94 bits per heavy atom. The lowest BCUT2D eigenvalue weighted by molar-refractivity contribution is 0.100. The first-order valence-electron chi connectivity index (χ1n) is 5.04. The van der Waals surface area contributed by atoms with Crippen LogP contribution in [0.1, 0.15) is 10.4 Å². The van der Waals surface area contributed by atoms with Crippen LogP contribution in [0.15, 0.2) is 50.4 Å². The minimum atomic E-state index is -2.66. The van der Waals surface area contributed by atoms with Crippen LogP contribution in [0.4, 0.5) is 0 Å². The van der Waals surface area contributed by atoms with E-state index >= 15 is 0 Å². The molecule has 18 heavy (non-hydrogen) atoms. The number of benzene rings is 1. The summed E-state index contributed by atoms with van der Waals surface area (Å²) in [6, 6.07) is 9.84. The van der Waals surface area contributed by atoms with Crippen molar-refractivity contribution in [2.24, 2.45) is 4.36 Å². The highest BCUT2D eigenvalue weighted by atomic mass is 35.5. The van der Waals surface area contributed by atoms with E-state index in [1.165, 1.54) is 17.6 Å². The van der Waals surface area contributed by atoms with E-state index < -0.39 is 15.6 Å². The Bertz CT molecular complexity index is 669. The summed E-state index contributed by atoms with van der Waals surface area (Å²) in [5, 5.41) is 2.35. The number of hydrogen-bond acceptors (Lipinski definition) is 3. The lowest BCUT2D eigenvalue weighted by Crippen LogP contribution is -2.02. The summed E-state index contributed by atoms with van der Waals surface area (Å²) in [7, 11) is -2.66. The SMILES string of the molecule is CS(=O)(=NC(=O)c1ccc(Cl)cc1)c1cccs1. The number of nitrogens with zero attached hydrogens (tertiary/aromatic N) is 1. The largest absolute Gasteiger partial charge is 0.285 e. The van der Waals surface area contributed by atoms with Gasteiger partial charge in [0.25, 0.3) is 5.91 Å². The minimum Gasteiger partial charge on any atom is -0.266 e. The standard InChI is InChI=1S/C12H10ClNO2S2/c1-18(16,11-3-2-8-17-11)14-12(15)9-4-6-10(13)7-5-9/h2-8H,1H3. The summed E-state index contributed by atoms with van der Waals surface area (Å²) in [6.45, 7) is 0. The van der Waals surface area contributed by atoms with Crippen molar-refractivity contribution in [3.05, 3.63) is 52.4 Å². The lowest BCUT2D eigenvalue weighted by Gasteiger charge is -2.00. The number of thiophene rings is 1. The van der Waals surface area contributed by atoms with Crippen LogP contribution in [0.25, 0.3) is 0 Å². The summed E-state index contributed by atoms with van der Waals surface area (Å²) in [4.78, 5) is 11.9. The fraction of sp³-hybridized carbons (Fsp3) is 0.0833. The van der Waals surface area contributed by atoms with Gasteiger partial charge in [-0.2, -0.15) is 4.36 Å². The molecule has 1 atom stereocenters. The molecule has 0 radical (unpaired) electrons. The van der Waals surface area contributed by atoms with Gasteiger partial charge >= 0.3 is 0 Å². The van der Waals surface area contributed by atoms with Crippen molar-refractivity contribution in [2.75, 3.05) is 6.26 Å². The Morgan fingerprint density at radius 3 is 2.50 bits per heavy atom. The molecule has 6 heteroatoms. The topological polar surface area (TPSA) is 46.5 Å². The van der Waals surface area contributed by atoms with E-state index in [-0.39, 0.29) is 0 Å². The van der Waals surface area contributed by atoms with Crippen LogP contribution in [0.2, 0.25) is 5.02 Å². The van der Waals surface area contributed by atoms with Crippen molar-refractivity contribution in [3.63, 3.8) is 0 Å². The van der Waals surface area contributed by atoms with E-state index in [1.54, 1.807) is 41.8 Å².